The van der Waals surface area contributed by atoms with E-state index in [9.17, 15) is 0 Å². The summed E-state index contributed by atoms with van der Waals surface area (Å²) in [5, 5.41) is 3.57. The highest BCUT2D eigenvalue weighted by atomic mass is 14.9. The van der Waals surface area contributed by atoms with Crippen molar-refractivity contribution in [2.45, 2.75) is 54.5 Å². The van der Waals surface area contributed by atoms with Crippen LogP contribution >= 0.6 is 0 Å². The monoisotopic (exact) mass is 261 g/mol. The zero-order valence-corrected chi connectivity index (χ0v) is 13.6. The Bertz CT molecular complexity index is 356. The number of nitrogens with one attached hydrogen (secondary N) is 1. The van der Waals surface area contributed by atoms with Crippen molar-refractivity contribution in [3.05, 3.63) is 35.4 Å². The summed E-state index contributed by atoms with van der Waals surface area (Å²) in [6.07, 6.45) is 1.18. The van der Waals surface area contributed by atoms with Gasteiger partial charge < -0.3 is 5.32 Å². The summed E-state index contributed by atoms with van der Waals surface area (Å²) in [4.78, 5) is 0. The molecule has 1 aromatic carbocycles. The molecule has 0 aromatic heterocycles. The first kappa shape index (κ1) is 16.2. The molecule has 108 valence electrons. The van der Waals surface area contributed by atoms with Crippen LogP contribution in [0.15, 0.2) is 24.3 Å². The predicted molar refractivity (Wildman–Crippen MR) is 85.3 cm³/mol. The molecule has 0 spiro atoms. The molecular formula is C18H31N. The molecule has 0 radical (unpaired) electrons. The first-order valence-corrected chi connectivity index (χ1v) is 7.57. The maximum atomic E-state index is 3.57. The molecule has 1 rings (SSSR count). The van der Waals surface area contributed by atoms with E-state index < -0.39 is 0 Å². The summed E-state index contributed by atoms with van der Waals surface area (Å²) < 4.78 is 0. The quantitative estimate of drug-likeness (QED) is 0.785. The van der Waals surface area contributed by atoms with Gasteiger partial charge in [0.25, 0.3) is 0 Å². The van der Waals surface area contributed by atoms with Crippen LogP contribution < -0.4 is 5.32 Å². The Morgan fingerprint density at radius 1 is 0.947 bits per heavy atom. The standard InChI is InChI=1S/C18H31N/c1-14(2)11-16-7-9-17(10-8-16)13-19-12-15(3)18(4,5)6/h7-10,14-15,19H,11-13H2,1-6H3. The van der Waals surface area contributed by atoms with Crippen molar-refractivity contribution < 1.29 is 0 Å². The second-order valence-electron chi connectivity index (χ2n) is 7.31. The molecule has 0 fully saturated rings. The van der Waals surface area contributed by atoms with Gasteiger partial charge in [-0.3, -0.25) is 0 Å². The fourth-order valence-corrected chi connectivity index (χ4v) is 2.00. The van der Waals surface area contributed by atoms with Crippen LogP contribution in [0.25, 0.3) is 0 Å². The Labute approximate surface area is 119 Å². The van der Waals surface area contributed by atoms with E-state index in [-0.39, 0.29) is 0 Å². The van der Waals surface area contributed by atoms with Crippen LogP contribution in [0.5, 0.6) is 0 Å². The van der Waals surface area contributed by atoms with Gasteiger partial charge in [0.1, 0.15) is 0 Å². The van der Waals surface area contributed by atoms with Gasteiger partial charge in [-0.25, -0.2) is 0 Å². The van der Waals surface area contributed by atoms with E-state index in [0.29, 0.717) is 11.3 Å². The van der Waals surface area contributed by atoms with Crippen LogP contribution in [0.4, 0.5) is 0 Å². The summed E-state index contributed by atoms with van der Waals surface area (Å²) in [5.41, 5.74) is 3.21. The maximum absolute atomic E-state index is 3.57. The highest BCUT2D eigenvalue weighted by Gasteiger charge is 2.18. The van der Waals surface area contributed by atoms with Gasteiger partial charge in [-0.1, -0.05) is 65.8 Å². The minimum absolute atomic E-state index is 0.383. The van der Waals surface area contributed by atoms with Gasteiger partial charge in [0, 0.05) is 6.54 Å². The zero-order valence-electron chi connectivity index (χ0n) is 13.6. The van der Waals surface area contributed by atoms with E-state index in [1.807, 2.05) is 0 Å². The minimum atomic E-state index is 0.383. The van der Waals surface area contributed by atoms with Crippen molar-refractivity contribution in [3.63, 3.8) is 0 Å². The molecule has 0 amide bonds. The van der Waals surface area contributed by atoms with Crippen molar-refractivity contribution in [2.75, 3.05) is 6.54 Å². The lowest BCUT2D eigenvalue weighted by Gasteiger charge is -2.27. The van der Waals surface area contributed by atoms with E-state index in [1.54, 1.807) is 0 Å². The molecule has 1 heteroatoms. The lowest BCUT2D eigenvalue weighted by Crippen LogP contribution is -2.29. The molecular weight excluding hydrogens is 230 g/mol. The third-order valence-electron chi connectivity index (χ3n) is 3.92. The molecule has 0 aliphatic rings. The van der Waals surface area contributed by atoms with E-state index in [2.05, 4.69) is 71.1 Å². The molecule has 0 heterocycles. The summed E-state index contributed by atoms with van der Waals surface area (Å²) in [6, 6.07) is 9.05. The molecule has 0 aliphatic carbocycles. The fraction of sp³-hybridized carbons (Fsp3) is 0.667. The summed E-state index contributed by atoms with van der Waals surface area (Å²) in [6.45, 7) is 15.8. The maximum Gasteiger partial charge on any atom is 0.0205 e. The van der Waals surface area contributed by atoms with Crippen molar-refractivity contribution in [3.8, 4) is 0 Å². The number of hydrogen-bond donors (Lipinski definition) is 1. The van der Waals surface area contributed by atoms with Gasteiger partial charge in [-0.05, 0) is 41.3 Å². The minimum Gasteiger partial charge on any atom is -0.312 e. The van der Waals surface area contributed by atoms with Crippen molar-refractivity contribution >= 4 is 0 Å². The first-order valence-electron chi connectivity index (χ1n) is 7.57. The lowest BCUT2D eigenvalue weighted by molar-refractivity contribution is 0.252. The highest BCUT2D eigenvalue weighted by Crippen LogP contribution is 2.24. The lowest BCUT2D eigenvalue weighted by atomic mass is 9.82. The summed E-state index contributed by atoms with van der Waals surface area (Å²) in [7, 11) is 0. The molecule has 0 aliphatic heterocycles. The highest BCUT2D eigenvalue weighted by molar-refractivity contribution is 5.22. The SMILES string of the molecule is CC(C)Cc1ccc(CNCC(C)C(C)(C)C)cc1. The number of benzene rings is 1. The molecule has 1 aromatic rings. The van der Waals surface area contributed by atoms with Crippen LogP contribution in [-0.2, 0) is 13.0 Å². The average molecular weight is 261 g/mol. The third-order valence-corrected chi connectivity index (χ3v) is 3.92. The molecule has 0 bridgehead atoms. The van der Waals surface area contributed by atoms with Gasteiger partial charge in [0.05, 0.1) is 0 Å². The number of hydrogen-bond acceptors (Lipinski definition) is 1. The van der Waals surface area contributed by atoms with Crippen molar-refractivity contribution in [2.24, 2.45) is 17.3 Å². The molecule has 1 nitrogen and oxygen atoms in total. The zero-order chi connectivity index (χ0) is 14.5. The molecule has 0 saturated carbocycles. The van der Waals surface area contributed by atoms with E-state index >= 15 is 0 Å². The van der Waals surface area contributed by atoms with Crippen LogP contribution in [0.2, 0.25) is 0 Å². The van der Waals surface area contributed by atoms with E-state index in [0.717, 1.165) is 19.0 Å². The predicted octanol–water partition coefficient (Wildman–Crippen LogP) is 4.66. The van der Waals surface area contributed by atoms with Gasteiger partial charge >= 0.3 is 0 Å². The van der Waals surface area contributed by atoms with Crippen molar-refractivity contribution in [1.29, 1.82) is 0 Å². The Morgan fingerprint density at radius 3 is 1.95 bits per heavy atom. The Morgan fingerprint density at radius 2 is 1.47 bits per heavy atom. The second kappa shape index (κ2) is 7.09. The average Bonchev–Trinajstić information content (AvgIpc) is 2.29. The largest absolute Gasteiger partial charge is 0.312 e. The molecule has 1 unspecified atom stereocenters. The molecule has 1 N–H and O–H groups in total. The summed E-state index contributed by atoms with van der Waals surface area (Å²) >= 11 is 0. The number of rotatable bonds is 6. The molecule has 1 atom stereocenters. The second-order valence-corrected chi connectivity index (χ2v) is 7.31. The van der Waals surface area contributed by atoms with Gasteiger partial charge in [0.15, 0.2) is 0 Å². The van der Waals surface area contributed by atoms with E-state index in [4.69, 9.17) is 0 Å². The Kier molecular flexibility index (Phi) is 6.06. The van der Waals surface area contributed by atoms with Gasteiger partial charge in [-0.2, -0.15) is 0 Å². The fourth-order valence-electron chi connectivity index (χ4n) is 2.00. The smallest absolute Gasteiger partial charge is 0.0205 e. The van der Waals surface area contributed by atoms with Crippen LogP contribution in [-0.4, -0.2) is 6.54 Å². The Hall–Kier alpha value is -0.820. The van der Waals surface area contributed by atoms with Gasteiger partial charge in [0.2, 0.25) is 0 Å². The Balaban J connectivity index is 2.38. The molecule has 0 saturated heterocycles. The van der Waals surface area contributed by atoms with E-state index in [1.165, 1.54) is 17.5 Å². The van der Waals surface area contributed by atoms with Crippen molar-refractivity contribution in [1.82, 2.24) is 5.32 Å². The summed E-state index contributed by atoms with van der Waals surface area (Å²) in [5.74, 6) is 1.42. The topological polar surface area (TPSA) is 12.0 Å². The molecule has 19 heavy (non-hydrogen) atoms. The first-order chi connectivity index (χ1) is 8.79. The third kappa shape index (κ3) is 6.24. The van der Waals surface area contributed by atoms with Crippen LogP contribution in [0.3, 0.4) is 0 Å². The van der Waals surface area contributed by atoms with Crippen LogP contribution in [0.1, 0.15) is 52.7 Å². The van der Waals surface area contributed by atoms with Gasteiger partial charge in [-0.15, -0.1) is 0 Å². The van der Waals surface area contributed by atoms with Crippen LogP contribution in [0, 0.1) is 17.3 Å². The normalized spacial score (nSPS) is 13.8.